The third kappa shape index (κ3) is 5.33. The number of benzene rings is 2. The Bertz CT molecular complexity index is 1050. The van der Waals surface area contributed by atoms with Crippen molar-refractivity contribution in [1.29, 1.82) is 0 Å². The number of fused-ring (bicyclic) bond motifs is 1. The lowest BCUT2D eigenvalue weighted by Gasteiger charge is -2.12. The van der Waals surface area contributed by atoms with Gasteiger partial charge in [0.2, 0.25) is 0 Å². The first-order valence-electron chi connectivity index (χ1n) is 10.7. The van der Waals surface area contributed by atoms with Gasteiger partial charge < -0.3 is 14.6 Å². The van der Waals surface area contributed by atoms with Gasteiger partial charge in [-0.05, 0) is 48.7 Å². The zero-order chi connectivity index (χ0) is 21.6. The highest BCUT2D eigenvalue weighted by Crippen LogP contribution is 2.25. The van der Waals surface area contributed by atoms with Crippen LogP contribution in [0.15, 0.2) is 60.8 Å². The molecule has 0 radical (unpaired) electrons. The first-order chi connectivity index (χ1) is 15.1. The second-order valence-electron chi connectivity index (χ2n) is 8.04. The van der Waals surface area contributed by atoms with E-state index in [1.807, 2.05) is 49.5 Å². The topological polar surface area (TPSA) is 73.6 Å². The van der Waals surface area contributed by atoms with E-state index in [2.05, 4.69) is 28.0 Å². The Morgan fingerprint density at radius 3 is 2.87 bits per heavy atom. The van der Waals surface area contributed by atoms with Crippen LogP contribution in [0.4, 0.5) is 0 Å². The highest BCUT2D eigenvalue weighted by atomic mass is 16.5. The zero-order valence-corrected chi connectivity index (χ0v) is 17.7. The van der Waals surface area contributed by atoms with Crippen molar-refractivity contribution in [1.82, 2.24) is 9.78 Å². The molecule has 1 N–H and O–H groups in total. The van der Waals surface area contributed by atoms with Crippen molar-refractivity contribution in [2.45, 2.75) is 38.8 Å². The molecule has 1 fully saturated rings. The Morgan fingerprint density at radius 2 is 2.16 bits per heavy atom. The standard InChI is InChI=1S/C25H28N2O4/c1-2-3-21(13-25(28)29)20-5-7-23(8-6-20)31-17-18-4-9-24-22(12-18)14-26-27(24)15-19-10-11-30-16-19/h2-9,12,14,19,21H,10-11,13,15-17H2,1H3,(H,28,29)/t19?,21-/m1/s1. The molecular weight excluding hydrogens is 392 g/mol. The predicted octanol–water partition coefficient (Wildman–Crippen LogP) is 4.79. The van der Waals surface area contributed by atoms with E-state index >= 15 is 0 Å². The zero-order valence-electron chi connectivity index (χ0n) is 17.7. The van der Waals surface area contributed by atoms with Gasteiger partial charge >= 0.3 is 5.97 Å². The third-order valence-electron chi connectivity index (χ3n) is 5.69. The second kappa shape index (κ2) is 9.79. The fourth-order valence-corrected chi connectivity index (χ4v) is 4.04. The summed E-state index contributed by atoms with van der Waals surface area (Å²) >= 11 is 0. The minimum atomic E-state index is -0.807. The predicted molar refractivity (Wildman–Crippen MR) is 119 cm³/mol. The molecule has 6 heteroatoms. The largest absolute Gasteiger partial charge is 0.489 e. The van der Waals surface area contributed by atoms with Crippen LogP contribution in [0.5, 0.6) is 5.75 Å². The molecule has 31 heavy (non-hydrogen) atoms. The van der Waals surface area contributed by atoms with Crippen LogP contribution < -0.4 is 4.74 Å². The maximum absolute atomic E-state index is 11.1. The molecule has 0 bridgehead atoms. The fraction of sp³-hybridized carbons (Fsp3) is 0.360. The molecule has 0 saturated carbocycles. The molecule has 0 spiro atoms. The van der Waals surface area contributed by atoms with E-state index < -0.39 is 5.97 Å². The van der Waals surface area contributed by atoms with E-state index in [0.717, 1.165) is 54.0 Å². The number of carboxylic acid groups (broad SMARTS) is 1. The maximum Gasteiger partial charge on any atom is 0.304 e. The smallest absolute Gasteiger partial charge is 0.304 e. The molecule has 1 aliphatic rings. The number of rotatable bonds is 9. The number of hydrogen-bond donors (Lipinski definition) is 1. The summed E-state index contributed by atoms with van der Waals surface area (Å²) in [5, 5.41) is 14.8. The first kappa shape index (κ1) is 21.1. The van der Waals surface area contributed by atoms with Crippen LogP contribution in [0, 0.1) is 5.92 Å². The van der Waals surface area contributed by atoms with Crippen LogP contribution in [0.3, 0.4) is 0 Å². The lowest BCUT2D eigenvalue weighted by Crippen LogP contribution is -2.11. The first-order valence-corrected chi connectivity index (χ1v) is 10.7. The molecule has 1 aliphatic heterocycles. The third-order valence-corrected chi connectivity index (χ3v) is 5.69. The minimum Gasteiger partial charge on any atom is -0.489 e. The van der Waals surface area contributed by atoms with Gasteiger partial charge in [0.25, 0.3) is 0 Å². The molecule has 1 unspecified atom stereocenters. The molecule has 2 aromatic carbocycles. The van der Waals surface area contributed by atoms with Gasteiger partial charge in [-0.1, -0.05) is 30.4 Å². The molecule has 0 amide bonds. The van der Waals surface area contributed by atoms with Gasteiger partial charge in [-0.2, -0.15) is 5.10 Å². The molecule has 4 rings (SSSR count). The number of carbonyl (C=O) groups is 1. The Balaban J connectivity index is 1.38. The number of aliphatic carboxylic acids is 1. The van der Waals surface area contributed by atoms with Crippen molar-refractivity contribution in [2.24, 2.45) is 5.92 Å². The van der Waals surface area contributed by atoms with Crippen LogP contribution in [0.2, 0.25) is 0 Å². The maximum atomic E-state index is 11.1. The van der Waals surface area contributed by atoms with E-state index in [1.54, 1.807) is 0 Å². The number of hydrogen-bond acceptors (Lipinski definition) is 4. The van der Waals surface area contributed by atoms with Crippen molar-refractivity contribution in [2.75, 3.05) is 13.2 Å². The fourth-order valence-electron chi connectivity index (χ4n) is 4.04. The molecule has 6 nitrogen and oxygen atoms in total. The number of ether oxygens (including phenoxy) is 2. The van der Waals surface area contributed by atoms with E-state index in [4.69, 9.17) is 14.6 Å². The molecule has 2 heterocycles. The average Bonchev–Trinajstić information content (AvgIpc) is 3.42. The van der Waals surface area contributed by atoms with Crippen molar-refractivity contribution in [3.63, 3.8) is 0 Å². The van der Waals surface area contributed by atoms with E-state index in [-0.39, 0.29) is 12.3 Å². The molecule has 1 aromatic heterocycles. The Morgan fingerprint density at radius 1 is 1.32 bits per heavy atom. The molecule has 3 aromatic rings. The summed E-state index contributed by atoms with van der Waals surface area (Å²) in [5.41, 5.74) is 3.18. The van der Waals surface area contributed by atoms with Crippen LogP contribution in [0.1, 0.15) is 36.8 Å². The summed E-state index contributed by atoms with van der Waals surface area (Å²) in [5.74, 6) is 0.359. The van der Waals surface area contributed by atoms with E-state index in [9.17, 15) is 4.79 Å². The van der Waals surface area contributed by atoms with Crippen LogP contribution in [-0.2, 0) is 22.7 Å². The quantitative estimate of drug-likeness (QED) is 0.504. The number of carboxylic acids is 1. The van der Waals surface area contributed by atoms with Gasteiger partial charge in [0.1, 0.15) is 12.4 Å². The van der Waals surface area contributed by atoms with Crippen LogP contribution in [0.25, 0.3) is 10.9 Å². The van der Waals surface area contributed by atoms with Gasteiger partial charge in [0, 0.05) is 30.4 Å². The van der Waals surface area contributed by atoms with Crippen molar-refractivity contribution >= 4 is 16.9 Å². The van der Waals surface area contributed by atoms with E-state index in [0.29, 0.717) is 12.5 Å². The molecule has 2 atom stereocenters. The molecular formula is C25H28N2O4. The Hall–Kier alpha value is -3.12. The lowest BCUT2D eigenvalue weighted by molar-refractivity contribution is -0.137. The summed E-state index contributed by atoms with van der Waals surface area (Å²) in [6, 6.07) is 14.0. The van der Waals surface area contributed by atoms with Gasteiger partial charge in [-0.15, -0.1) is 0 Å². The number of nitrogens with zero attached hydrogens (tertiary/aromatic N) is 2. The van der Waals surface area contributed by atoms with Crippen LogP contribution in [-0.4, -0.2) is 34.1 Å². The Kier molecular flexibility index (Phi) is 6.67. The molecule has 162 valence electrons. The van der Waals surface area contributed by atoms with Crippen molar-refractivity contribution in [3.8, 4) is 5.75 Å². The van der Waals surface area contributed by atoms with Gasteiger partial charge in [0.05, 0.1) is 24.7 Å². The highest BCUT2D eigenvalue weighted by molar-refractivity contribution is 5.79. The normalized spacial score (nSPS) is 17.4. The number of allylic oxidation sites excluding steroid dienone is 2. The Labute approximate surface area is 182 Å². The average molecular weight is 421 g/mol. The summed E-state index contributed by atoms with van der Waals surface area (Å²) in [6.45, 7) is 4.92. The summed E-state index contributed by atoms with van der Waals surface area (Å²) in [6.07, 6.45) is 6.88. The van der Waals surface area contributed by atoms with Gasteiger partial charge in [-0.25, -0.2) is 0 Å². The summed E-state index contributed by atoms with van der Waals surface area (Å²) in [4.78, 5) is 11.1. The summed E-state index contributed by atoms with van der Waals surface area (Å²) in [7, 11) is 0. The number of aromatic nitrogens is 2. The summed E-state index contributed by atoms with van der Waals surface area (Å²) < 4.78 is 13.5. The highest BCUT2D eigenvalue weighted by Gasteiger charge is 2.17. The molecule has 0 aliphatic carbocycles. The monoisotopic (exact) mass is 420 g/mol. The van der Waals surface area contributed by atoms with E-state index in [1.165, 1.54) is 0 Å². The minimum absolute atomic E-state index is 0.0754. The second-order valence-corrected chi connectivity index (χ2v) is 8.04. The molecule has 1 saturated heterocycles. The van der Waals surface area contributed by atoms with Gasteiger partial charge in [0.15, 0.2) is 0 Å². The van der Waals surface area contributed by atoms with Gasteiger partial charge in [-0.3, -0.25) is 9.48 Å². The van der Waals surface area contributed by atoms with Crippen molar-refractivity contribution in [3.05, 3.63) is 71.9 Å². The van der Waals surface area contributed by atoms with Crippen LogP contribution >= 0.6 is 0 Å². The van der Waals surface area contributed by atoms with Crippen molar-refractivity contribution < 1.29 is 19.4 Å². The lowest BCUT2D eigenvalue weighted by atomic mass is 9.95. The SMILES string of the molecule is CC=C[C@H](CC(=O)O)c1ccc(OCc2ccc3c(cnn3CC3CCOC3)c2)cc1.